The van der Waals surface area contributed by atoms with Gasteiger partial charge in [0.05, 0.1) is 6.04 Å². The fourth-order valence-electron chi connectivity index (χ4n) is 2.12. The van der Waals surface area contributed by atoms with E-state index in [4.69, 9.17) is 0 Å². The third-order valence-electron chi connectivity index (χ3n) is 3.22. The van der Waals surface area contributed by atoms with Crippen molar-refractivity contribution in [3.63, 3.8) is 0 Å². The van der Waals surface area contributed by atoms with E-state index in [1.807, 2.05) is 22.7 Å². The number of nitrogens with one attached hydrogen (secondary N) is 1. The van der Waals surface area contributed by atoms with Gasteiger partial charge in [0, 0.05) is 14.6 Å². The van der Waals surface area contributed by atoms with Gasteiger partial charge in [-0.1, -0.05) is 27.7 Å². The maximum Gasteiger partial charge on any atom is 0.0767 e. The Morgan fingerprint density at radius 3 is 2.42 bits per heavy atom. The van der Waals surface area contributed by atoms with Crippen LogP contribution < -0.4 is 5.32 Å². The summed E-state index contributed by atoms with van der Waals surface area (Å²) < 4.78 is 0. The minimum absolute atomic E-state index is 0.240. The van der Waals surface area contributed by atoms with Gasteiger partial charge >= 0.3 is 0 Å². The van der Waals surface area contributed by atoms with Crippen molar-refractivity contribution in [3.8, 4) is 0 Å². The normalized spacial score (nSPS) is 13.7. The molecular formula is C16H23NS2. The van der Waals surface area contributed by atoms with Crippen molar-refractivity contribution < 1.29 is 0 Å². The van der Waals surface area contributed by atoms with Gasteiger partial charge in [0.15, 0.2) is 0 Å². The average Bonchev–Trinajstić information content (AvgIpc) is 2.94. The Morgan fingerprint density at radius 1 is 1.21 bits per heavy atom. The molecule has 19 heavy (non-hydrogen) atoms. The zero-order valence-corrected chi connectivity index (χ0v) is 14.0. The van der Waals surface area contributed by atoms with Gasteiger partial charge < -0.3 is 5.32 Å². The van der Waals surface area contributed by atoms with Crippen molar-refractivity contribution >= 4 is 22.7 Å². The molecule has 0 radical (unpaired) electrons. The second-order valence-electron chi connectivity index (χ2n) is 5.91. The molecule has 0 aliphatic carbocycles. The fourth-order valence-corrected chi connectivity index (χ4v) is 4.36. The molecule has 0 bridgehead atoms. The van der Waals surface area contributed by atoms with Crippen molar-refractivity contribution in [1.82, 2.24) is 5.32 Å². The number of aryl methyl sites for hydroxylation is 1. The van der Waals surface area contributed by atoms with E-state index in [0.717, 1.165) is 6.54 Å². The fraction of sp³-hybridized carbons (Fsp3) is 0.500. The zero-order chi connectivity index (χ0) is 14.0. The summed E-state index contributed by atoms with van der Waals surface area (Å²) >= 11 is 3.79. The van der Waals surface area contributed by atoms with Gasteiger partial charge in [-0.2, -0.15) is 0 Å². The lowest BCUT2D eigenvalue weighted by molar-refractivity contribution is 0.604. The Hall–Kier alpha value is -0.640. The van der Waals surface area contributed by atoms with Crippen LogP contribution in [0.4, 0.5) is 0 Å². The third-order valence-corrected chi connectivity index (χ3v) is 5.88. The second-order valence-corrected chi connectivity index (χ2v) is 7.97. The Labute approximate surface area is 124 Å². The van der Waals surface area contributed by atoms with E-state index in [0.29, 0.717) is 6.04 Å². The first-order valence-corrected chi connectivity index (χ1v) is 8.50. The first-order valence-electron chi connectivity index (χ1n) is 6.81. The van der Waals surface area contributed by atoms with E-state index < -0.39 is 0 Å². The standard InChI is InChI=1S/C16H23NS2/c1-6-17-14(15-11(2)9-10-18-15)12-7-8-13(19-12)16(3,4)5/h7-10,14,17H,6H2,1-5H3. The van der Waals surface area contributed by atoms with Crippen LogP contribution in [0.5, 0.6) is 0 Å². The summed E-state index contributed by atoms with van der Waals surface area (Å²) in [4.78, 5) is 4.33. The number of hydrogen-bond donors (Lipinski definition) is 1. The summed E-state index contributed by atoms with van der Waals surface area (Å²) in [5, 5.41) is 5.82. The maximum absolute atomic E-state index is 3.63. The molecule has 0 fully saturated rings. The van der Waals surface area contributed by atoms with Crippen LogP contribution in [0.3, 0.4) is 0 Å². The first kappa shape index (κ1) is 14.8. The predicted octanol–water partition coefficient (Wildman–Crippen LogP) is 5.11. The molecule has 2 heterocycles. The van der Waals surface area contributed by atoms with Gasteiger partial charge in [-0.3, -0.25) is 0 Å². The highest BCUT2D eigenvalue weighted by atomic mass is 32.1. The summed E-state index contributed by atoms with van der Waals surface area (Å²) in [6.45, 7) is 12.2. The number of rotatable bonds is 4. The minimum atomic E-state index is 0.240. The van der Waals surface area contributed by atoms with E-state index in [-0.39, 0.29) is 5.41 Å². The van der Waals surface area contributed by atoms with Crippen LogP contribution in [-0.2, 0) is 5.41 Å². The van der Waals surface area contributed by atoms with Crippen LogP contribution in [-0.4, -0.2) is 6.54 Å². The van der Waals surface area contributed by atoms with Crippen LogP contribution in [0.2, 0.25) is 0 Å². The highest BCUT2D eigenvalue weighted by molar-refractivity contribution is 7.13. The van der Waals surface area contributed by atoms with Gasteiger partial charge in [-0.15, -0.1) is 22.7 Å². The molecule has 2 aromatic rings. The lowest BCUT2D eigenvalue weighted by Crippen LogP contribution is -2.20. The molecule has 0 aromatic carbocycles. The molecular weight excluding hydrogens is 270 g/mol. The molecule has 0 aliphatic heterocycles. The highest BCUT2D eigenvalue weighted by Crippen LogP contribution is 2.37. The molecule has 104 valence electrons. The van der Waals surface area contributed by atoms with Crippen molar-refractivity contribution in [1.29, 1.82) is 0 Å². The molecule has 2 rings (SSSR count). The minimum Gasteiger partial charge on any atom is -0.305 e. The molecule has 0 saturated heterocycles. The Bertz CT molecular complexity index is 531. The summed E-state index contributed by atoms with van der Waals surface area (Å²) in [6, 6.07) is 7.14. The van der Waals surface area contributed by atoms with E-state index in [1.54, 1.807) is 0 Å². The first-order chi connectivity index (χ1) is 8.93. The van der Waals surface area contributed by atoms with E-state index in [2.05, 4.69) is 63.5 Å². The summed E-state index contributed by atoms with van der Waals surface area (Å²) in [6.07, 6.45) is 0. The predicted molar refractivity (Wildman–Crippen MR) is 87.6 cm³/mol. The lowest BCUT2D eigenvalue weighted by atomic mass is 9.95. The number of thiophene rings is 2. The molecule has 0 spiro atoms. The molecule has 1 N–H and O–H groups in total. The second kappa shape index (κ2) is 5.78. The summed E-state index contributed by atoms with van der Waals surface area (Å²) in [7, 11) is 0. The van der Waals surface area contributed by atoms with Gasteiger partial charge in [0.2, 0.25) is 0 Å². The lowest BCUT2D eigenvalue weighted by Gasteiger charge is -2.18. The molecule has 1 atom stereocenters. The van der Waals surface area contributed by atoms with E-state index in [1.165, 1.54) is 20.2 Å². The highest BCUT2D eigenvalue weighted by Gasteiger charge is 2.22. The van der Waals surface area contributed by atoms with Crippen LogP contribution in [0.15, 0.2) is 23.6 Å². The van der Waals surface area contributed by atoms with Gasteiger partial charge in [-0.05, 0) is 48.0 Å². The van der Waals surface area contributed by atoms with Crippen molar-refractivity contribution in [3.05, 3.63) is 43.8 Å². The van der Waals surface area contributed by atoms with Crippen LogP contribution >= 0.6 is 22.7 Å². The topological polar surface area (TPSA) is 12.0 Å². The van der Waals surface area contributed by atoms with Gasteiger partial charge in [0.25, 0.3) is 0 Å². The van der Waals surface area contributed by atoms with E-state index in [9.17, 15) is 0 Å². The Kier molecular flexibility index (Phi) is 4.49. The van der Waals surface area contributed by atoms with Gasteiger partial charge in [0.1, 0.15) is 0 Å². The van der Waals surface area contributed by atoms with Crippen LogP contribution in [0.25, 0.3) is 0 Å². The third kappa shape index (κ3) is 3.28. The molecule has 2 aromatic heterocycles. The van der Waals surface area contributed by atoms with Crippen molar-refractivity contribution in [2.75, 3.05) is 6.54 Å². The maximum atomic E-state index is 3.63. The molecule has 3 heteroatoms. The van der Waals surface area contributed by atoms with Crippen molar-refractivity contribution in [2.24, 2.45) is 0 Å². The monoisotopic (exact) mass is 293 g/mol. The van der Waals surface area contributed by atoms with Crippen LogP contribution in [0.1, 0.15) is 53.9 Å². The van der Waals surface area contributed by atoms with Crippen molar-refractivity contribution in [2.45, 2.75) is 46.1 Å². The van der Waals surface area contributed by atoms with Crippen LogP contribution in [0, 0.1) is 6.92 Å². The zero-order valence-electron chi connectivity index (χ0n) is 12.4. The quantitative estimate of drug-likeness (QED) is 0.825. The Morgan fingerprint density at radius 2 is 1.95 bits per heavy atom. The Balaban J connectivity index is 2.35. The SMILES string of the molecule is CCNC(c1ccc(C(C)(C)C)s1)c1sccc1C. The molecule has 0 aliphatic rings. The van der Waals surface area contributed by atoms with Gasteiger partial charge in [-0.25, -0.2) is 0 Å². The molecule has 1 unspecified atom stereocenters. The number of hydrogen-bond acceptors (Lipinski definition) is 3. The molecule has 0 saturated carbocycles. The molecule has 0 amide bonds. The molecule has 1 nitrogen and oxygen atoms in total. The largest absolute Gasteiger partial charge is 0.305 e. The average molecular weight is 294 g/mol. The summed E-state index contributed by atoms with van der Waals surface area (Å²) in [5.74, 6) is 0. The smallest absolute Gasteiger partial charge is 0.0767 e. The summed E-state index contributed by atoms with van der Waals surface area (Å²) in [5.41, 5.74) is 1.63. The van der Waals surface area contributed by atoms with E-state index >= 15 is 0 Å².